The van der Waals surface area contributed by atoms with Gasteiger partial charge in [-0.15, -0.1) is 0 Å². The Morgan fingerprint density at radius 3 is 2.17 bits per heavy atom. The van der Waals surface area contributed by atoms with E-state index in [9.17, 15) is 19.2 Å². The van der Waals surface area contributed by atoms with Crippen LogP contribution in [0.15, 0.2) is 60.7 Å². The van der Waals surface area contributed by atoms with E-state index in [1.807, 2.05) is 51.1 Å². The lowest BCUT2D eigenvalue weighted by molar-refractivity contribution is -0.119. The van der Waals surface area contributed by atoms with Crippen LogP contribution in [0.4, 0.5) is 11.4 Å². The summed E-state index contributed by atoms with van der Waals surface area (Å²) < 4.78 is 5.20. The van der Waals surface area contributed by atoms with Gasteiger partial charge in [0.15, 0.2) is 6.61 Å². The molecule has 178 valence electrons. The Kier molecular flexibility index (Phi) is 6.78. The number of ether oxygens (including phenoxy) is 1. The molecule has 1 N–H and O–H groups in total. The average molecular weight is 471 g/mol. The highest BCUT2D eigenvalue weighted by Gasteiger charge is 2.37. The molecule has 35 heavy (non-hydrogen) atoms. The number of nitrogens with zero attached hydrogens (tertiary/aromatic N) is 1. The number of carbonyl (C=O) groups excluding carboxylic acids is 4. The van der Waals surface area contributed by atoms with Crippen molar-refractivity contribution >= 4 is 35.1 Å². The maximum absolute atomic E-state index is 13.0. The van der Waals surface area contributed by atoms with Crippen molar-refractivity contribution in [2.24, 2.45) is 0 Å². The zero-order chi connectivity index (χ0) is 25.1. The van der Waals surface area contributed by atoms with Gasteiger partial charge in [-0.1, -0.05) is 50.2 Å². The maximum Gasteiger partial charge on any atom is 0.338 e. The van der Waals surface area contributed by atoms with Crippen molar-refractivity contribution in [2.75, 3.05) is 16.8 Å². The van der Waals surface area contributed by atoms with E-state index in [1.54, 1.807) is 12.1 Å². The highest BCUT2D eigenvalue weighted by molar-refractivity contribution is 6.35. The second-order valence-corrected chi connectivity index (χ2v) is 8.28. The van der Waals surface area contributed by atoms with Gasteiger partial charge < -0.3 is 10.1 Å². The van der Waals surface area contributed by atoms with Crippen LogP contribution in [-0.2, 0) is 22.4 Å². The molecule has 7 nitrogen and oxygen atoms in total. The minimum atomic E-state index is -0.753. The highest BCUT2D eigenvalue weighted by atomic mass is 16.5. The molecule has 0 bridgehead atoms. The lowest BCUT2D eigenvalue weighted by atomic mass is 10.0. The molecule has 7 heteroatoms. The number of rotatable bonds is 7. The molecule has 3 aromatic carbocycles. The van der Waals surface area contributed by atoms with Gasteiger partial charge in [-0.2, -0.15) is 0 Å². The molecule has 0 radical (unpaired) electrons. The SMILES string of the molecule is CCc1cccc(CC)c1NC(=O)COC(=O)c1ccc2c(c1)C(=O)N(c1ccccc1C)C2=O. The summed E-state index contributed by atoms with van der Waals surface area (Å²) in [7, 11) is 0. The summed E-state index contributed by atoms with van der Waals surface area (Å²) in [5.74, 6) is -2.15. The summed E-state index contributed by atoms with van der Waals surface area (Å²) >= 11 is 0. The van der Waals surface area contributed by atoms with E-state index < -0.39 is 30.3 Å². The van der Waals surface area contributed by atoms with Crippen molar-refractivity contribution in [3.05, 3.63) is 94.0 Å². The van der Waals surface area contributed by atoms with Gasteiger partial charge >= 0.3 is 5.97 Å². The van der Waals surface area contributed by atoms with Crippen LogP contribution in [-0.4, -0.2) is 30.3 Å². The third-order valence-corrected chi connectivity index (χ3v) is 6.08. The number of hydrogen-bond donors (Lipinski definition) is 1. The molecule has 0 atom stereocenters. The van der Waals surface area contributed by atoms with E-state index in [0.29, 0.717) is 5.69 Å². The van der Waals surface area contributed by atoms with Crippen molar-refractivity contribution in [2.45, 2.75) is 33.6 Å². The second-order valence-electron chi connectivity index (χ2n) is 8.28. The maximum atomic E-state index is 13.0. The molecule has 0 spiro atoms. The van der Waals surface area contributed by atoms with Gasteiger partial charge in [0.25, 0.3) is 17.7 Å². The molecule has 1 aliphatic rings. The number of aryl methyl sites for hydroxylation is 3. The largest absolute Gasteiger partial charge is 0.452 e. The molecule has 3 aromatic rings. The Bertz CT molecular complexity index is 1320. The van der Waals surface area contributed by atoms with Crippen LogP contribution >= 0.6 is 0 Å². The molecule has 0 aromatic heterocycles. The Balaban J connectivity index is 1.47. The summed E-state index contributed by atoms with van der Waals surface area (Å²) in [4.78, 5) is 52.1. The van der Waals surface area contributed by atoms with Gasteiger partial charge in [-0.25, -0.2) is 9.69 Å². The quantitative estimate of drug-likeness (QED) is 0.399. The standard InChI is InChI=1S/C28H26N2O5/c1-4-18-10-8-11-19(5-2)25(18)29-24(31)16-35-28(34)20-13-14-21-22(15-20)27(33)30(26(21)32)23-12-7-6-9-17(23)3/h6-15H,4-5,16H2,1-3H3,(H,29,31). The van der Waals surface area contributed by atoms with E-state index in [4.69, 9.17) is 4.74 Å². The molecule has 0 aliphatic carbocycles. The van der Waals surface area contributed by atoms with Gasteiger partial charge in [0.2, 0.25) is 0 Å². The molecule has 0 saturated carbocycles. The number of carbonyl (C=O) groups is 4. The zero-order valence-corrected chi connectivity index (χ0v) is 19.9. The number of imide groups is 1. The monoisotopic (exact) mass is 470 g/mol. The van der Waals surface area contributed by atoms with Gasteiger partial charge in [-0.3, -0.25) is 14.4 Å². The first-order chi connectivity index (χ1) is 16.8. The van der Waals surface area contributed by atoms with Crippen LogP contribution in [0, 0.1) is 6.92 Å². The fourth-order valence-corrected chi connectivity index (χ4v) is 4.19. The minimum absolute atomic E-state index is 0.0903. The predicted molar refractivity (Wildman–Crippen MR) is 133 cm³/mol. The van der Waals surface area contributed by atoms with Crippen LogP contribution in [0.25, 0.3) is 0 Å². The topological polar surface area (TPSA) is 92.8 Å². The average Bonchev–Trinajstić information content (AvgIpc) is 3.12. The summed E-state index contributed by atoms with van der Waals surface area (Å²) in [5, 5.41) is 2.85. The number of nitrogens with one attached hydrogen (secondary N) is 1. The van der Waals surface area contributed by atoms with E-state index in [0.717, 1.165) is 40.1 Å². The van der Waals surface area contributed by atoms with Crippen molar-refractivity contribution in [1.29, 1.82) is 0 Å². The van der Waals surface area contributed by atoms with Crippen LogP contribution < -0.4 is 10.2 Å². The first kappa shape index (κ1) is 23.9. The van der Waals surface area contributed by atoms with E-state index in [1.165, 1.54) is 18.2 Å². The van der Waals surface area contributed by atoms with Crippen molar-refractivity contribution in [3.8, 4) is 0 Å². The van der Waals surface area contributed by atoms with Gasteiger partial charge in [-0.05, 0) is 60.7 Å². The highest BCUT2D eigenvalue weighted by Crippen LogP contribution is 2.31. The van der Waals surface area contributed by atoms with Crippen molar-refractivity contribution in [3.63, 3.8) is 0 Å². The van der Waals surface area contributed by atoms with E-state index in [2.05, 4.69) is 5.32 Å². The fourth-order valence-electron chi connectivity index (χ4n) is 4.19. The van der Waals surface area contributed by atoms with E-state index >= 15 is 0 Å². The van der Waals surface area contributed by atoms with Gasteiger partial charge in [0.1, 0.15) is 0 Å². The van der Waals surface area contributed by atoms with Crippen LogP contribution in [0.2, 0.25) is 0 Å². The molecule has 0 unspecified atom stereocenters. The van der Waals surface area contributed by atoms with E-state index in [-0.39, 0.29) is 16.7 Å². The molecule has 0 fully saturated rings. The number of benzene rings is 3. The first-order valence-electron chi connectivity index (χ1n) is 11.5. The third-order valence-electron chi connectivity index (χ3n) is 6.08. The van der Waals surface area contributed by atoms with Gasteiger partial charge in [0.05, 0.1) is 22.4 Å². The fraction of sp³-hybridized carbons (Fsp3) is 0.214. The summed E-state index contributed by atoms with van der Waals surface area (Å²) in [6, 6.07) is 17.1. The van der Waals surface area contributed by atoms with Crippen molar-refractivity contribution in [1.82, 2.24) is 0 Å². The normalized spacial score (nSPS) is 12.5. The molecular formula is C28H26N2O5. The van der Waals surface area contributed by atoms with Crippen molar-refractivity contribution < 1.29 is 23.9 Å². The lowest BCUT2D eigenvalue weighted by Gasteiger charge is -2.16. The number of anilines is 2. The Morgan fingerprint density at radius 1 is 0.857 bits per heavy atom. The molecule has 4 rings (SSSR count). The predicted octanol–water partition coefficient (Wildman–Crippen LogP) is 4.72. The number of fused-ring (bicyclic) bond motifs is 1. The second kappa shape index (κ2) is 9.93. The molecule has 1 heterocycles. The Morgan fingerprint density at radius 2 is 1.51 bits per heavy atom. The molecular weight excluding hydrogens is 444 g/mol. The zero-order valence-electron chi connectivity index (χ0n) is 19.9. The van der Waals surface area contributed by atoms with Crippen LogP contribution in [0.1, 0.15) is 61.6 Å². The first-order valence-corrected chi connectivity index (χ1v) is 11.5. The van der Waals surface area contributed by atoms with Crippen LogP contribution in [0.5, 0.6) is 0 Å². The summed E-state index contributed by atoms with van der Waals surface area (Å²) in [6.07, 6.45) is 1.51. The number of para-hydroxylation sites is 2. The Labute approximate surface area is 203 Å². The van der Waals surface area contributed by atoms with Gasteiger partial charge in [0, 0.05) is 5.69 Å². The number of hydrogen-bond acceptors (Lipinski definition) is 5. The smallest absolute Gasteiger partial charge is 0.338 e. The summed E-state index contributed by atoms with van der Waals surface area (Å²) in [6.45, 7) is 5.35. The molecule has 0 saturated heterocycles. The lowest BCUT2D eigenvalue weighted by Crippen LogP contribution is -2.29. The third kappa shape index (κ3) is 4.57. The number of amides is 3. The molecule has 3 amide bonds. The minimum Gasteiger partial charge on any atom is -0.452 e. The van der Waals surface area contributed by atoms with Crippen LogP contribution in [0.3, 0.4) is 0 Å². The summed E-state index contributed by atoms with van der Waals surface area (Å²) in [5.41, 5.74) is 4.47. The Hall–Kier alpha value is -4.26. The molecule has 1 aliphatic heterocycles. The number of esters is 1.